The average molecular weight is 243 g/mol. The Morgan fingerprint density at radius 2 is 2.18 bits per heavy atom. The molecule has 100 valence electrons. The standard InChI is InChI=1S/C12H25N3O2/c1-9(2)11(7-15(3)4)14-12(16)13-10-5-6-17-8-10/h9-11H,5-8H2,1-4H3,(H2,13,14,16). The minimum atomic E-state index is -0.0824. The van der Waals surface area contributed by atoms with Crippen LogP contribution in [0.3, 0.4) is 0 Å². The van der Waals surface area contributed by atoms with E-state index in [9.17, 15) is 4.79 Å². The van der Waals surface area contributed by atoms with Crippen LogP contribution >= 0.6 is 0 Å². The molecule has 0 saturated carbocycles. The maximum Gasteiger partial charge on any atom is 0.315 e. The molecule has 0 bridgehead atoms. The third-order valence-corrected chi connectivity index (χ3v) is 2.95. The minimum Gasteiger partial charge on any atom is -0.379 e. The fourth-order valence-corrected chi connectivity index (χ4v) is 1.86. The lowest BCUT2D eigenvalue weighted by molar-refractivity contribution is 0.187. The maximum atomic E-state index is 11.8. The van der Waals surface area contributed by atoms with Gasteiger partial charge in [0.2, 0.25) is 0 Å². The summed E-state index contributed by atoms with van der Waals surface area (Å²) in [4.78, 5) is 13.9. The van der Waals surface area contributed by atoms with Gasteiger partial charge in [0.05, 0.1) is 12.6 Å². The van der Waals surface area contributed by atoms with Gasteiger partial charge in [-0.2, -0.15) is 0 Å². The van der Waals surface area contributed by atoms with E-state index in [0.29, 0.717) is 12.5 Å². The van der Waals surface area contributed by atoms with Crippen molar-refractivity contribution in [2.24, 2.45) is 5.92 Å². The van der Waals surface area contributed by atoms with Crippen molar-refractivity contribution < 1.29 is 9.53 Å². The van der Waals surface area contributed by atoms with Crippen molar-refractivity contribution in [2.45, 2.75) is 32.4 Å². The molecule has 0 aromatic rings. The SMILES string of the molecule is CC(C)C(CN(C)C)NC(=O)NC1CCOC1. The van der Waals surface area contributed by atoms with E-state index in [1.807, 2.05) is 14.1 Å². The number of rotatable bonds is 5. The number of likely N-dealkylation sites (N-methyl/N-ethyl adjacent to an activating group) is 1. The second-order valence-electron chi connectivity index (χ2n) is 5.29. The van der Waals surface area contributed by atoms with Crippen LogP contribution in [0.4, 0.5) is 4.79 Å². The van der Waals surface area contributed by atoms with Gasteiger partial charge >= 0.3 is 6.03 Å². The monoisotopic (exact) mass is 243 g/mol. The number of hydrogen-bond acceptors (Lipinski definition) is 3. The lowest BCUT2D eigenvalue weighted by atomic mass is 10.0. The zero-order valence-corrected chi connectivity index (χ0v) is 11.3. The Kier molecular flexibility index (Phi) is 5.71. The van der Waals surface area contributed by atoms with Crippen molar-refractivity contribution in [1.29, 1.82) is 0 Å². The van der Waals surface area contributed by atoms with Gasteiger partial charge in [-0.05, 0) is 26.4 Å². The van der Waals surface area contributed by atoms with Crippen molar-refractivity contribution in [3.8, 4) is 0 Å². The highest BCUT2D eigenvalue weighted by Gasteiger charge is 2.21. The smallest absolute Gasteiger partial charge is 0.315 e. The Balaban J connectivity index is 2.34. The summed E-state index contributed by atoms with van der Waals surface area (Å²) in [5.41, 5.74) is 0. The van der Waals surface area contributed by atoms with E-state index < -0.39 is 0 Å². The number of carbonyl (C=O) groups excluding carboxylic acids is 1. The first-order valence-electron chi connectivity index (χ1n) is 6.28. The van der Waals surface area contributed by atoms with Crippen LogP contribution < -0.4 is 10.6 Å². The Hall–Kier alpha value is -0.810. The third kappa shape index (κ3) is 5.37. The summed E-state index contributed by atoms with van der Waals surface area (Å²) in [5.74, 6) is 0.419. The highest BCUT2D eigenvalue weighted by molar-refractivity contribution is 5.74. The van der Waals surface area contributed by atoms with Crippen LogP contribution in [-0.4, -0.2) is 56.9 Å². The quantitative estimate of drug-likeness (QED) is 0.746. The lowest BCUT2D eigenvalue weighted by Crippen LogP contribution is -2.51. The summed E-state index contributed by atoms with van der Waals surface area (Å²) in [6, 6.07) is 0.260. The van der Waals surface area contributed by atoms with Gasteiger partial charge in [0.15, 0.2) is 0 Å². The predicted molar refractivity (Wildman–Crippen MR) is 68.1 cm³/mol. The molecule has 0 spiro atoms. The lowest BCUT2D eigenvalue weighted by Gasteiger charge is -2.26. The molecule has 1 heterocycles. The largest absolute Gasteiger partial charge is 0.379 e. The van der Waals surface area contributed by atoms with E-state index in [4.69, 9.17) is 4.74 Å². The molecule has 1 aliphatic rings. The van der Waals surface area contributed by atoms with E-state index in [1.54, 1.807) is 0 Å². The van der Waals surface area contributed by atoms with Crippen molar-refractivity contribution in [3.63, 3.8) is 0 Å². The van der Waals surface area contributed by atoms with Crippen molar-refractivity contribution in [3.05, 3.63) is 0 Å². The molecule has 5 nitrogen and oxygen atoms in total. The summed E-state index contributed by atoms with van der Waals surface area (Å²) in [6.07, 6.45) is 0.910. The molecule has 1 rings (SSSR count). The summed E-state index contributed by atoms with van der Waals surface area (Å²) in [6.45, 7) is 6.47. The first-order chi connectivity index (χ1) is 7.99. The Labute approximate surface area is 104 Å². The maximum absolute atomic E-state index is 11.8. The Morgan fingerprint density at radius 3 is 2.65 bits per heavy atom. The first kappa shape index (κ1) is 14.3. The molecular formula is C12H25N3O2. The van der Waals surface area contributed by atoms with Crippen LogP contribution in [0.2, 0.25) is 0 Å². The van der Waals surface area contributed by atoms with Crippen LogP contribution in [0.5, 0.6) is 0 Å². The van der Waals surface area contributed by atoms with Gasteiger partial charge in [-0.3, -0.25) is 0 Å². The molecule has 0 aromatic carbocycles. The van der Waals surface area contributed by atoms with E-state index in [2.05, 4.69) is 29.4 Å². The van der Waals surface area contributed by atoms with Gasteiger partial charge in [-0.15, -0.1) is 0 Å². The number of hydrogen-bond donors (Lipinski definition) is 2. The number of ether oxygens (including phenoxy) is 1. The normalized spacial score (nSPS) is 21.9. The number of urea groups is 1. The van der Waals surface area contributed by atoms with Gasteiger partial charge in [0.1, 0.15) is 0 Å². The molecule has 2 atom stereocenters. The zero-order valence-electron chi connectivity index (χ0n) is 11.3. The third-order valence-electron chi connectivity index (χ3n) is 2.95. The fourth-order valence-electron chi connectivity index (χ4n) is 1.86. The highest BCUT2D eigenvalue weighted by Crippen LogP contribution is 2.05. The van der Waals surface area contributed by atoms with E-state index in [1.165, 1.54) is 0 Å². The first-order valence-corrected chi connectivity index (χ1v) is 6.28. The summed E-state index contributed by atoms with van der Waals surface area (Å²) in [7, 11) is 4.03. The molecule has 2 N–H and O–H groups in total. The molecule has 5 heteroatoms. The molecule has 0 aromatic heterocycles. The molecule has 2 amide bonds. The minimum absolute atomic E-state index is 0.0824. The fraction of sp³-hybridized carbons (Fsp3) is 0.917. The second kappa shape index (κ2) is 6.81. The van der Waals surface area contributed by atoms with Crippen molar-refractivity contribution >= 4 is 6.03 Å². The van der Waals surface area contributed by atoms with Crippen LogP contribution in [0.1, 0.15) is 20.3 Å². The Morgan fingerprint density at radius 1 is 1.47 bits per heavy atom. The van der Waals surface area contributed by atoms with Gasteiger partial charge in [-0.25, -0.2) is 4.79 Å². The van der Waals surface area contributed by atoms with Crippen LogP contribution in [0.25, 0.3) is 0 Å². The van der Waals surface area contributed by atoms with Crippen molar-refractivity contribution in [1.82, 2.24) is 15.5 Å². The van der Waals surface area contributed by atoms with Crippen LogP contribution in [-0.2, 0) is 4.74 Å². The molecule has 2 unspecified atom stereocenters. The molecule has 17 heavy (non-hydrogen) atoms. The predicted octanol–water partition coefficient (Wildman–Crippen LogP) is 0.661. The van der Waals surface area contributed by atoms with Gasteiger partial charge in [-0.1, -0.05) is 13.8 Å². The molecule has 1 saturated heterocycles. The molecular weight excluding hydrogens is 218 g/mol. The van der Waals surface area contributed by atoms with Gasteiger partial charge in [0, 0.05) is 19.2 Å². The molecule has 1 fully saturated rings. The van der Waals surface area contributed by atoms with Gasteiger partial charge < -0.3 is 20.3 Å². The van der Waals surface area contributed by atoms with Crippen LogP contribution in [0, 0.1) is 5.92 Å². The van der Waals surface area contributed by atoms with E-state index in [0.717, 1.165) is 19.6 Å². The molecule has 0 aliphatic carbocycles. The molecule has 0 radical (unpaired) electrons. The average Bonchev–Trinajstić information content (AvgIpc) is 2.68. The summed E-state index contributed by atoms with van der Waals surface area (Å²) in [5, 5.41) is 5.97. The summed E-state index contributed by atoms with van der Waals surface area (Å²) < 4.78 is 5.22. The topological polar surface area (TPSA) is 53.6 Å². The van der Waals surface area contributed by atoms with E-state index >= 15 is 0 Å². The molecule has 1 aliphatic heterocycles. The summed E-state index contributed by atoms with van der Waals surface area (Å²) >= 11 is 0. The number of amides is 2. The van der Waals surface area contributed by atoms with Crippen LogP contribution in [0.15, 0.2) is 0 Å². The number of nitrogens with one attached hydrogen (secondary N) is 2. The highest BCUT2D eigenvalue weighted by atomic mass is 16.5. The van der Waals surface area contributed by atoms with Gasteiger partial charge in [0.25, 0.3) is 0 Å². The Bertz CT molecular complexity index is 238. The number of carbonyl (C=O) groups is 1. The van der Waals surface area contributed by atoms with Crippen molar-refractivity contribution in [2.75, 3.05) is 33.9 Å². The van der Waals surface area contributed by atoms with E-state index in [-0.39, 0.29) is 18.1 Å². The zero-order chi connectivity index (χ0) is 12.8. The number of nitrogens with zero attached hydrogens (tertiary/aromatic N) is 1. The second-order valence-corrected chi connectivity index (χ2v) is 5.29.